The summed E-state index contributed by atoms with van der Waals surface area (Å²) in [6.45, 7) is 10.7. The number of anilines is 1. The smallest absolute Gasteiger partial charge is 0.408 e. The highest BCUT2D eigenvalue weighted by Gasteiger charge is 2.37. The van der Waals surface area contributed by atoms with Crippen molar-refractivity contribution in [3.8, 4) is 0 Å². The van der Waals surface area contributed by atoms with Gasteiger partial charge < -0.3 is 26.0 Å². The number of aryl methyl sites for hydroxylation is 2. The lowest BCUT2D eigenvalue weighted by molar-refractivity contribution is -0.141. The number of carbonyl (C=O) groups is 4. The van der Waals surface area contributed by atoms with Gasteiger partial charge in [0.25, 0.3) is 5.91 Å². The molecule has 0 saturated carbocycles. The quantitative estimate of drug-likeness (QED) is 0.401. The van der Waals surface area contributed by atoms with Crippen LogP contribution in [-0.2, 0) is 19.1 Å². The SMILES string of the molecule is CCCN(C(=O)C(CC(N)=O)NC(=O)OC(C)(C)C)C(C(=O)Nc1c(C)cccc1Cl)c1ccccc1C. The van der Waals surface area contributed by atoms with Crippen LogP contribution in [0.1, 0.15) is 63.3 Å². The molecule has 0 fully saturated rings. The number of carbonyl (C=O) groups excluding carboxylic acids is 4. The maximum atomic E-state index is 13.9. The monoisotopic (exact) mass is 544 g/mol. The zero-order chi connectivity index (χ0) is 28.6. The van der Waals surface area contributed by atoms with Crippen molar-refractivity contribution in [2.24, 2.45) is 5.73 Å². The Balaban J connectivity index is 2.56. The lowest BCUT2D eigenvalue weighted by Crippen LogP contribution is -2.53. The minimum absolute atomic E-state index is 0.165. The van der Waals surface area contributed by atoms with Gasteiger partial charge in [0.05, 0.1) is 17.1 Å². The van der Waals surface area contributed by atoms with Crippen LogP contribution in [0, 0.1) is 13.8 Å². The topological polar surface area (TPSA) is 131 Å². The van der Waals surface area contributed by atoms with Crippen molar-refractivity contribution in [3.05, 3.63) is 64.2 Å². The van der Waals surface area contributed by atoms with Gasteiger partial charge in [-0.05, 0) is 63.8 Å². The van der Waals surface area contributed by atoms with E-state index in [1.54, 1.807) is 45.0 Å². The molecule has 0 saturated heterocycles. The highest BCUT2D eigenvalue weighted by molar-refractivity contribution is 6.34. The van der Waals surface area contributed by atoms with Crippen LogP contribution in [0.3, 0.4) is 0 Å². The first-order valence-electron chi connectivity index (χ1n) is 12.4. The number of para-hydroxylation sites is 1. The van der Waals surface area contributed by atoms with Crippen molar-refractivity contribution in [3.63, 3.8) is 0 Å². The molecule has 0 heterocycles. The summed E-state index contributed by atoms with van der Waals surface area (Å²) in [5.74, 6) is -1.93. The lowest BCUT2D eigenvalue weighted by atomic mass is 9.97. The molecule has 38 heavy (non-hydrogen) atoms. The second-order valence-corrected chi connectivity index (χ2v) is 10.5. The van der Waals surface area contributed by atoms with Gasteiger partial charge in [-0.25, -0.2) is 4.79 Å². The van der Waals surface area contributed by atoms with E-state index in [1.807, 2.05) is 39.0 Å². The van der Waals surface area contributed by atoms with Crippen LogP contribution >= 0.6 is 11.6 Å². The number of primary amides is 1. The molecule has 0 aliphatic heterocycles. The Morgan fingerprint density at radius 1 is 1.03 bits per heavy atom. The van der Waals surface area contributed by atoms with Gasteiger partial charge >= 0.3 is 6.09 Å². The summed E-state index contributed by atoms with van der Waals surface area (Å²) in [6, 6.07) is 10.0. The van der Waals surface area contributed by atoms with Gasteiger partial charge in [-0.1, -0.05) is 54.9 Å². The van der Waals surface area contributed by atoms with Gasteiger partial charge in [-0.2, -0.15) is 0 Å². The fourth-order valence-corrected chi connectivity index (χ4v) is 4.25. The number of alkyl carbamates (subject to hydrolysis) is 1. The number of hydrogen-bond donors (Lipinski definition) is 3. The van der Waals surface area contributed by atoms with Gasteiger partial charge in [0.2, 0.25) is 11.8 Å². The average molecular weight is 545 g/mol. The third-order valence-electron chi connectivity index (χ3n) is 5.66. The zero-order valence-corrected chi connectivity index (χ0v) is 23.5. The van der Waals surface area contributed by atoms with E-state index in [0.29, 0.717) is 22.7 Å². The summed E-state index contributed by atoms with van der Waals surface area (Å²) in [5.41, 5.74) is 7.14. The molecule has 0 spiro atoms. The van der Waals surface area contributed by atoms with Crippen LogP contribution in [0.5, 0.6) is 0 Å². The average Bonchev–Trinajstić information content (AvgIpc) is 2.80. The molecule has 4 amide bonds. The molecular formula is C28H37ClN4O5. The molecule has 4 N–H and O–H groups in total. The summed E-state index contributed by atoms with van der Waals surface area (Å²) in [6.07, 6.45) is -0.844. The molecule has 0 aliphatic carbocycles. The molecule has 0 radical (unpaired) electrons. The Kier molecular flexibility index (Phi) is 10.7. The largest absolute Gasteiger partial charge is 0.444 e. The molecule has 0 bridgehead atoms. The highest BCUT2D eigenvalue weighted by Crippen LogP contribution is 2.30. The van der Waals surface area contributed by atoms with Crippen molar-refractivity contribution in [1.29, 1.82) is 0 Å². The second-order valence-electron chi connectivity index (χ2n) is 10.1. The van der Waals surface area contributed by atoms with Crippen LogP contribution in [-0.4, -0.2) is 46.9 Å². The Labute approximate surface area is 229 Å². The minimum atomic E-state index is -1.34. The first-order chi connectivity index (χ1) is 17.7. The fourth-order valence-electron chi connectivity index (χ4n) is 3.98. The summed E-state index contributed by atoms with van der Waals surface area (Å²) in [5, 5.41) is 5.70. The van der Waals surface area contributed by atoms with E-state index in [-0.39, 0.29) is 6.54 Å². The number of amides is 4. The zero-order valence-electron chi connectivity index (χ0n) is 22.8. The van der Waals surface area contributed by atoms with Crippen LogP contribution in [0.2, 0.25) is 5.02 Å². The van der Waals surface area contributed by atoms with E-state index in [1.165, 1.54) is 4.90 Å². The Morgan fingerprint density at radius 3 is 2.21 bits per heavy atom. The number of nitrogens with two attached hydrogens (primary N) is 1. The van der Waals surface area contributed by atoms with E-state index in [9.17, 15) is 19.2 Å². The normalized spacial score (nSPS) is 12.7. The maximum absolute atomic E-state index is 13.9. The van der Waals surface area contributed by atoms with Crippen LogP contribution in [0.15, 0.2) is 42.5 Å². The van der Waals surface area contributed by atoms with Crippen molar-refractivity contribution in [2.45, 2.75) is 72.1 Å². The number of benzene rings is 2. The summed E-state index contributed by atoms with van der Waals surface area (Å²) < 4.78 is 5.29. The van der Waals surface area contributed by atoms with Crippen LogP contribution in [0.4, 0.5) is 10.5 Å². The number of halogens is 1. The van der Waals surface area contributed by atoms with Crippen molar-refractivity contribution < 1.29 is 23.9 Å². The first kappa shape index (κ1) is 30.6. The van der Waals surface area contributed by atoms with Crippen LogP contribution in [0.25, 0.3) is 0 Å². The lowest BCUT2D eigenvalue weighted by Gasteiger charge is -2.35. The number of rotatable bonds is 10. The predicted octanol–water partition coefficient (Wildman–Crippen LogP) is 4.64. The van der Waals surface area contributed by atoms with E-state index < -0.39 is 47.9 Å². The first-order valence-corrected chi connectivity index (χ1v) is 12.8. The van der Waals surface area contributed by atoms with Crippen molar-refractivity contribution in [1.82, 2.24) is 10.2 Å². The molecule has 0 aromatic heterocycles. The molecule has 2 aromatic rings. The van der Waals surface area contributed by atoms with Crippen molar-refractivity contribution in [2.75, 3.05) is 11.9 Å². The number of nitrogens with one attached hydrogen (secondary N) is 2. The van der Waals surface area contributed by atoms with E-state index in [4.69, 9.17) is 22.1 Å². The molecule has 9 nitrogen and oxygen atoms in total. The molecule has 2 rings (SSSR count). The molecule has 2 aromatic carbocycles. The third-order valence-corrected chi connectivity index (χ3v) is 5.97. The number of nitrogens with zero attached hydrogens (tertiary/aromatic N) is 1. The minimum Gasteiger partial charge on any atom is -0.444 e. The fraction of sp³-hybridized carbons (Fsp3) is 0.429. The molecule has 0 aliphatic rings. The summed E-state index contributed by atoms with van der Waals surface area (Å²) in [7, 11) is 0. The summed E-state index contributed by atoms with van der Waals surface area (Å²) in [4.78, 5) is 53.6. The Bertz CT molecular complexity index is 1160. The predicted molar refractivity (Wildman–Crippen MR) is 148 cm³/mol. The molecule has 2 unspecified atom stereocenters. The molecule has 206 valence electrons. The van der Waals surface area contributed by atoms with Gasteiger partial charge in [-0.3, -0.25) is 14.4 Å². The molecule has 10 heteroatoms. The highest BCUT2D eigenvalue weighted by atomic mass is 35.5. The van der Waals surface area contributed by atoms with E-state index in [0.717, 1.165) is 11.1 Å². The van der Waals surface area contributed by atoms with Crippen molar-refractivity contribution >= 4 is 41.1 Å². The second kappa shape index (κ2) is 13.3. The number of hydrogen-bond acceptors (Lipinski definition) is 5. The maximum Gasteiger partial charge on any atom is 0.408 e. The van der Waals surface area contributed by atoms with Gasteiger partial charge in [0.1, 0.15) is 17.7 Å². The summed E-state index contributed by atoms with van der Waals surface area (Å²) >= 11 is 6.37. The van der Waals surface area contributed by atoms with Gasteiger partial charge in [0, 0.05) is 6.54 Å². The Morgan fingerprint density at radius 2 is 1.66 bits per heavy atom. The van der Waals surface area contributed by atoms with E-state index >= 15 is 0 Å². The van der Waals surface area contributed by atoms with Gasteiger partial charge in [-0.15, -0.1) is 0 Å². The Hall–Kier alpha value is -3.59. The molecular weight excluding hydrogens is 508 g/mol. The number of ether oxygens (including phenoxy) is 1. The van der Waals surface area contributed by atoms with E-state index in [2.05, 4.69) is 10.6 Å². The standard InChI is InChI=1S/C28H37ClN4O5/c1-7-15-33(26(36)21(16-22(30)34)31-27(37)38-28(4,5)6)24(19-13-9-8-11-17(19)2)25(35)32-23-18(3)12-10-14-20(23)29/h8-14,21,24H,7,15-16H2,1-6H3,(H2,30,34)(H,31,37)(H,32,35). The van der Waals surface area contributed by atoms with Crippen LogP contribution < -0.4 is 16.4 Å². The molecule has 2 atom stereocenters. The van der Waals surface area contributed by atoms with Gasteiger partial charge in [0.15, 0.2) is 0 Å². The third kappa shape index (κ3) is 8.48.